The van der Waals surface area contributed by atoms with Gasteiger partial charge < -0.3 is 5.73 Å². The van der Waals surface area contributed by atoms with Gasteiger partial charge in [-0.15, -0.1) is 22.7 Å². The van der Waals surface area contributed by atoms with Gasteiger partial charge in [0.2, 0.25) is 11.0 Å². The van der Waals surface area contributed by atoms with Gasteiger partial charge in [-0.2, -0.15) is 4.37 Å². The number of carbonyl (C=O) groups excluding carboxylic acids is 1. The zero-order valence-electron chi connectivity index (χ0n) is 12.6. The highest BCUT2D eigenvalue weighted by molar-refractivity contribution is 7.20. The van der Waals surface area contributed by atoms with Crippen molar-refractivity contribution >= 4 is 45.2 Å². The van der Waals surface area contributed by atoms with Crippen LogP contribution in [0.4, 0.5) is 5.13 Å². The highest BCUT2D eigenvalue weighted by atomic mass is 32.1. The van der Waals surface area contributed by atoms with Gasteiger partial charge in [0, 0.05) is 16.9 Å². The summed E-state index contributed by atoms with van der Waals surface area (Å²) in [5.41, 5.74) is 5.46. The Bertz CT molecular complexity index is 806. The minimum absolute atomic E-state index is 0.166. The Morgan fingerprint density at radius 1 is 1.35 bits per heavy atom. The Morgan fingerprint density at radius 3 is 2.83 bits per heavy atom. The number of nitrogens with two attached hydrogens (primary N) is 1. The molecule has 3 aromatic rings. The molecular weight excluding hydrogens is 350 g/mol. The number of amides is 1. The van der Waals surface area contributed by atoms with Gasteiger partial charge in [-0.05, 0) is 25.3 Å². The highest BCUT2D eigenvalue weighted by Gasteiger charge is 2.33. The molecule has 3 aromatic heterocycles. The lowest BCUT2D eigenvalue weighted by atomic mass is 9.89. The molecular formula is C14H15N5OS3. The van der Waals surface area contributed by atoms with E-state index >= 15 is 0 Å². The van der Waals surface area contributed by atoms with Crippen molar-refractivity contribution in [2.45, 2.75) is 25.8 Å². The summed E-state index contributed by atoms with van der Waals surface area (Å²) in [4.78, 5) is 22.5. The van der Waals surface area contributed by atoms with E-state index in [1.54, 1.807) is 22.7 Å². The molecule has 0 radical (unpaired) electrons. The molecule has 23 heavy (non-hydrogen) atoms. The van der Waals surface area contributed by atoms with Crippen LogP contribution in [0.15, 0.2) is 22.9 Å². The number of nitrogens with one attached hydrogen (secondary N) is 1. The van der Waals surface area contributed by atoms with Crippen LogP contribution in [0.3, 0.4) is 0 Å². The maximum absolute atomic E-state index is 12.6. The van der Waals surface area contributed by atoms with Crippen LogP contribution in [0.2, 0.25) is 0 Å². The molecule has 0 spiro atoms. The van der Waals surface area contributed by atoms with Crippen molar-refractivity contribution in [2.24, 2.45) is 5.73 Å². The molecule has 0 atom stereocenters. The summed E-state index contributed by atoms with van der Waals surface area (Å²) in [5, 5.41) is 8.12. The van der Waals surface area contributed by atoms with Crippen LogP contribution in [-0.4, -0.2) is 20.2 Å². The smallest absolute Gasteiger partial charge is 0.237 e. The zero-order valence-corrected chi connectivity index (χ0v) is 15.0. The second-order valence-electron chi connectivity index (χ2n) is 5.31. The van der Waals surface area contributed by atoms with E-state index in [0.29, 0.717) is 11.0 Å². The molecule has 0 aliphatic carbocycles. The van der Waals surface area contributed by atoms with Crippen molar-refractivity contribution in [1.82, 2.24) is 14.3 Å². The fraction of sp³-hybridized carbons (Fsp3) is 0.286. The quantitative estimate of drug-likeness (QED) is 0.724. The van der Waals surface area contributed by atoms with E-state index in [1.165, 1.54) is 0 Å². The van der Waals surface area contributed by atoms with Crippen LogP contribution < -0.4 is 11.1 Å². The normalized spacial score (nSPS) is 11.6. The van der Waals surface area contributed by atoms with Crippen LogP contribution in [-0.2, 0) is 16.8 Å². The number of carbonyl (C=O) groups is 1. The number of thiazole rings is 1. The van der Waals surface area contributed by atoms with Crippen molar-refractivity contribution in [2.75, 3.05) is 5.32 Å². The lowest BCUT2D eigenvalue weighted by Gasteiger charge is -2.20. The largest absolute Gasteiger partial charge is 0.324 e. The average molecular weight is 366 g/mol. The molecule has 0 aliphatic heterocycles. The zero-order chi connectivity index (χ0) is 16.4. The first-order valence-corrected chi connectivity index (χ1v) is 9.38. The molecule has 120 valence electrons. The Morgan fingerprint density at radius 2 is 2.17 bits per heavy atom. The average Bonchev–Trinajstić information content (AvgIpc) is 3.27. The van der Waals surface area contributed by atoms with Gasteiger partial charge in [0.1, 0.15) is 5.01 Å². The van der Waals surface area contributed by atoms with Crippen LogP contribution in [0.25, 0.3) is 9.88 Å². The maximum Gasteiger partial charge on any atom is 0.237 e. The second-order valence-corrected chi connectivity index (χ2v) is 7.87. The summed E-state index contributed by atoms with van der Waals surface area (Å²) in [5.74, 6) is 0.358. The number of rotatable bonds is 5. The minimum Gasteiger partial charge on any atom is -0.324 e. The van der Waals surface area contributed by atoms with Crippen molar-refractivity contribution in [3.63, 3.8) is 0 Å². The summed E-state index contributed by atoms with van der Waals surface area (Å²) in [6.45, 7) is 3.95. The first kappa shape index (κ1) is 16.2. The van der Waals surface area contributed by atoms with Crippen molar-refractivity contribution in [3.05, 3.63) is 34.4 Å². The molecule has 0 bridgehead atoms. The van der Waals surface area contributed by atoms with E-state index in [-0.39, 0.29) is 12.5 Å². The van der Waals surface area contributed by atoms with Gasteiger partial charge in [0.25, 0.3) is 0 Å². The Kier molecular flexibility index (Phi) is 4.53. The Hall–Kier alpha value is -1.68. The van der Waals surface area contributed by atoms with E-state index in [9.17, 15) is 4.79 Å². The third kappa shape index (κ3) is 3.32. The van der Waals surface area contributed by atoms with E-state index in [0.717, 1.165) is 27.1 Å². The summed E-state index contributed by atoms with van der Waals surface area (Å²) < 4.78 is 4.06. The molecule has 0 fully saturated rings. The summed E-state index contributed by atoms with van der Waals surface area (Å²) in [6, 6.07) is 4.01. The molecule has 3 N–H and O–H groups in total. The predicted molar refractivity (Wildman–Crippen MR) is 94.9 cm³/mol. The molecule has 1 amide bonds. The molecule has 3 rings (SSSR count). The number of anilines is 1. The number of thiophene rings is 1. The van der Waals surface area contributed by atoms with Gasteiger partial charge in [-0.3, -0.25) is 10.1 Å². The topological polar surface area (TPSA) is 93.8 Å². The molecule has 0 saturated carbocycles. The van der Waals surface area contributed by atoms with Gasteiger partial charge in [0.15, 0.2) is 5.82 Å². The fourth-order valence-corrected chi connectivity index (χ4v) is 4.23. The third-order valence-corrected chi connectivity index (χ3v) is 5.86. The van der Waals surface area contributed by atoms with Crippen molar-refractivity contribution in [3.8, 4) is 9.88 Å². The molecule has 3 heterocycles. The maximum atomic E-state index is 12.6. The number of hydrogen-bond acceptors (Lipinski definition) is 8. The summed E-state index contributed by atoms with van der Waals surface area (Å²) >= 11 is 4.31. The van der Waals surface area contributed by atoms with E-state index < -0.39 is 5.41 Å². The Balaban J connectivity index is 1.78. The van der Waals surface area contributed by atoms with Gasteiger partial charge >= 0.3 is 0 Å². The van der Waals surface area contributed by atoms with Gasteiger partial charge in [-0.25, -0.2) is 9.97 Å². The number of nitrogens with zero attached hydrogens (tertiary/aromatic N) is 3. The molecule has 0 aliphatic rings. The van der Waals surface area contributed by atoms with Crippen molar-refractivity contribution in [1.29, 1.82) is 0 Å². The number of aromatic nitrogens is 3. The minimum atomic E-state index is -0.763. The van der Waals surface area contributed by atoms with Gasteiger partial charge in [0.05, 0.1) is 22.5 Å². The van der Waals surface area contributed by atoms with Crippen LogP contribution in [0.1, 0.15) is 25.4 Å². The summed E-state index contributed by atoms with van der Waals surface area (Å²) in [6.07, 6.45) is 0. The summed E-state index contributed by atoms with van der Waals surface area (Å²) in [7, 11) is 0. The molecule has 0 aromatic carbocycles. The van der Waals surface area contributed by atoms with Crippen LogP contribution in [0, 0.1) is 0 Å². The first-order valence-electron chi connectivity index (χ1n) is 6.84. The van der Waals surface area contributed by atoms with Crippen molar-refractivity contribution < 1.29 is 4.79 Å². The lowest BCUT2D eigenvalue weighted by Crippen LogP contribution is -2.35. The molecule has 6 nitrogen and oxygen atoms in total. The van der Waals surface area contributed by atoms with Gasteiger partial charge in [-0.1, -0.05) is 6.07 Å². The van der Waals surface area contributed by atoms with E-state index in [4.69, 9.17) is 5.73 Å². The molecule has 0 saturated heterocycles. The Labute approximate surface area is 145 Å². The SMILES string of the molecule is CC(C)(C(=O)Nc1nc(CN)ns1)c1csc(-c2cccs2)n1. The standard InChI is InChI=1S/C14H15N5OS3/c1-14(2,12(20)18-13-17-10(6-15)19-23-13)9-7-22-11(16-9)8-4-3-5-21-8/h3-5,7H,6,15H2,1-2H3,(H,17,18,19,20). The lowest BCUT2D eigenvalue weighted by molar-refractivity contribution is -0.120. The first-order chi connectivity index (χ1) is 11.0. The second kappa shape index (κ2) is 6.44. The highest BCUT2D eigenvalue weighted by Crippen LogP contribution is 2.33. The number of hydrogen-bond donors (Lipinski definition) is 2. The van der Waals surface area contributed by atoms with E-state index in [1.807, 2.05) is 36.7 Å². The van der Waals surface area contributed by atoms with Crippen LogP contribution in [0.5, 0.6) is 0 Å². The monoisotopic (exact) mass is 365 g/mol. The predicted octanol–water partition coefficient (Wildman–Crippen LogP) is 3.10. The fourth-order valence-electron chi connectivity index (χ4n) is 1.83. The molecule has 0 unspecified atom stereocenters. The van der Waals surface area contributed by atoms with E-state index in [2.05, 4.69) is 19.7 Å². The molecule has 9 heteroatoms. The van der Waals surface area contributed by atoms with Crippen LogP contribution >= 0.6 is 34.2 Å². The third-order valence-electron chi connectivity index (χ3n) is 3.32.